The fraction of sp³-hybridized carbons (Fsp3) is 0.933. The van der Waals surface area contributed by atoms with Crippen LogP contribution in [-0.2, 0) is 4.79 Å². The molecule has 1 aliphatic rings. The van der Waals surface area contributed by atoms with Crippen molar-refractivity contribution in [2.75, 3.05) is 6.54 Å². The molecule has 1 N–H and O–H groups in total. The van der Waals surface area contributed by atoms with Gasteiger partial charge in [0.2, 0.25) is 0 Å². The monoisotopic (exact) mass is 255 g/mol. The van der Waals surface area contributed by atoms with Crippen LogP contribution in [0.15, 0.2) is 0 Å². The maximum atomic E-state index is 11.4. The zero-order valence-corrected chi connectivity index (χ0v) is 12.4. The Morgan fingerprint density at radius 2 is 1.89 bits per heavy atom. The molecule has 0 aliphatic heterocycles. The maximum absolute atomic E-state index is 11.4. The minimum atomic E-state index is -0.600. The molecule has 0 heterocycles. The Morgan fingerprint density at radius 3 is 2.33 bits per heavy atom. The lowest BCUT2D eigenvalue weighted by molar-refractivity contribution is -0.144. The van der Waals surface area contributed by atoms with Crippen molar-refractivity contribution in [3.05, 3.63) is 0 Å². The van der Waals surface area contributed by atoms with E-state index in [1.54, 1.807) is 0 Å². The molecule has 1 rings (SSSR count). The molecule has 106 valence electrons. The molecule has 0 aromatic rings. The topological polar surface area (TPSA) is 40.5 Å². The van der Waals surface area contributed by atoms with Crippen molar-refractivity contribution in [2.24, 2.45) is 11.8 Å². The SMILES string of the molecule is CCC(CC)N(CC(C)C)C1CCCC1C(=O)O. The molecule has 2 atom stereocenters. The standard InChI is InChI=1S/C15H29NO2/c1-5-12(6-2)16(10-11(3)4)14-9-7-8-13(14)15(17)18/h11-14H,5-10H2,1-4H3,(H,17,18). The van der Waals surface area contributed by atoms with Crippen molar-refractivity contribution in [2.45, 2.75) is 71.9 Å². The van der Waals surface area contributed by atoms with Gasteiger partial charge < -0.3 is 5.11 Å². The molecule has 1 saturated carbocycles. The summed E-state index contributed by atoms with van der Waals surface area (Å²) in [5.74, 6) is -0.151. The predicted molar refractivity (Wildman–Crippen MR) is 74.7 cm³/mol. The fourth-order valence-corrected chi connectivity index (χ4v) is 3.36. The van der Waals surface area contributed by atoms with Gasteiger partial charge in [0.25, 0.3) is 0 Å². The summed E-state index contributed by atoms with van der Waals surface area (Å²) in [5.41, 5.74) is 0. The quantitative estimate of drug-likeness (QED) is 0.758. The third-order valence-corrected chi connectivity index (χ3v) is 4.21. The molecule has 0 aromatic heterocycles. The van der Waals surface area contributed by atoms with Gasteiger partial charge in [-0.2, -0.15) is 0 Å². The summed E-state index contributed by atoms with van der Waals surface area (Å²) in [6.45, 7) is 9.90. The Kier molecular flexibility index (Phi) is 6.13. The third kappa shape index (κ3) is 3.71. The van der Waals surface area contributed by atoms with E-state index in [9.17, 15) is 9.90 Å². The normalized spacial score (nSPS) is 24.4. The molecule has 0 saturated heterocycles. The Balaban J connectivity index is 2.83. The van der Waals surface area contributed by atoms with Crippen LogP contribution in [0.5, 0.6) is 0 Å². The van der Waals surface area contributed by atoms with E-state index in [0.29, 0.717) is 12.0 Å². The second kappa shape index (κ2) is 7.13. The molecule has 0 amide bonds. The van der Waals surface area contributed by atoms with Gasteiger partial charge in [0.1, 0.15) is 0 Å². The van der Waals surface area contributed by atoms with Gasteiger partial charge in [-0.05, 0) is 31.6 Å². The van der Waals surface area contributed by atoms with E-state index in [0.717, 1.165) is 38.6 Å². The van der Waals surface area contributed by atoms with Gasteiger partial charge >= 0.3 is 5.97 Å². The van der Waals surface area contributed by atoms with Crippen LogP contribution >= 0.6 is 0 Å². The molecular formula is C15H29NO2. The van der Waals surface area contributed by atoms with Crippen molar-refractivity contribution >= 4 is 5.97 Å². The Bertz CT molecular complexity index is 261. The number of hydrogen-bond acceptors (Lipinski definition) is 2. The van der Waals surface area contributed by atoms with Crippen LogP contribution in [0.25, 0.3) is 0 Å². The number of rotatable bonds is 7. The van der Waals surface area contributed by atoms with Crippen molar-refractivity contribution in [3.63, 3.8) is 0 Å². The van der Waals surface area contributed by atoms with Crippen LogP contribution in [0.1, 0.15) is 59.8 Å². The van der Waals surface area contributed by atoms with Crippen LogP contribution in [0.3, 0.4) is 0 Å². The largest absolute Gasteiger partial charge is 0.481 e. The molecule has 1 aliphatic carbocycles. The summed E-state index contributed by atoms with van der Waals surface area (Å²) >= 11 is 0. The van der Waals surface area contributed by atoms with Crippen molar-refractivity contribution in [1.82, 2.24) is 4.90 Å². The number of aliphatic carboxylic acids is 1. The molecule has 3 heteroatoms. The number of carboxylic acids is 1. The summed E-state index contributed by atoms with van der Waals surface area (Å²) in [5, 5.41) is 9.37. The Hall–Kier alpha value is -0.570. The van der Waals surface area contributed by atoms with Gasteiger partial charge in [0.05, 0.1) is 5.92 Å². The number of nitrogens with zero attached hydrogens (tertiary/aromatic N) is 1. The second-order valence-corrected chi connectivity index (χ2v) is 6.00. The van der Waals surface area contributed by atoms with Crippen molar-refractivity contribution in [1.29, 1.82) is 0 Å². The van der Waals surface area contributed by atoms with E-state index in [1.807, 2.05) is 0 Å². The molecule has 0 aromatic carbocycles. The zero-order chi connectivity index (χ0) is 13.7. The Morgan fingerprint density at radius 1 is 1.28 bits per heavy atom. The van der Waals surface area contributed by atoms with E-state index in [1.165, 1.54) is 0 Å². The number of hydrogen-bond donors (Lipinski definition) is 1. The molecule has 0 bridgehead atoms. The average molecular weight is 255 g/mol. The van der Waals surface area contributed by atoms with Gasteiger partial charge in [-0.3, -0.25) is 9.69 Å². The molecule has 0 radical (unpaired) electrons. The zero-order valence-electron chi connectivity index (χ0n) is 12.4. The molecule has 0 spiro atoms. The number of carboxylic acid groups (broad SMARTS) is 1. The summed E-state index contributed by atoms with van der Waals surface area (Å²) in [6.07, 6.45) is 5.21. The predicted octanol–water partition coefficient (Wildman–Crippen LogP) is 3.39. The van der Waals surface area contributed by atoms with Gasteiger partial charge in [-0.1, -0.05) is 34.1 Å². The van der Waals surface area contributed by atoms with E-state index in [4.69, 9.17) is 0 Å². The molecular weight excluding hydrogens is 226 g/mol. The van der Waals surface area contributed by atoms with E-state index < -0.39 is 5.97 Å². The maximum Gasteiger partial charge on any atom is 0.308 e. The van der Waals surface area contributed by atoms with E-state index in [2.05, 4.69) is 32.6 Å². The first-order chi connectivity index (χ1) is 8.51. The van der Waals surface area contributed by atoms with Crippen LogP contribution in [0.2, 0.25) is 0 Å². The second-order valence-electron chi connectivity index (χ2n) is 6.00. The van der Waals surface area contributed by atoms with Gasteiger partial charge in [0, 0.05) is 18.6 Å². The van der Waals surface area contributed by atoms with E-state index >= 15 is 0 Å². The molecule has 3 nitrogen and oxygen atoms in total. The highest BCUT2D eigenvalue weighted by Gasteiger charge is 2.38. The first-order valence-corrected chi connectivity index (χ1v) is 7.49. The summed E-state index contributed by atoms with van der Waals surface area (Å²) in [7, 11) is 0. The highest BCUT2D eigenvalue weighted by atomic mass is 16.4. The van der Waals surface area contributed by atoms with Gasteiger partial charge in [-0.25, -0.2) is 0 Å². The fourth-order valence-electron chi connectivity index (χ4n) is 3.36. The van der Waals surface area contributed by atoms with Gasteiger partial charge in [0.15, 0.2) is 0 Å². The lowest BCUT2D eigenvalue weighted by Gasteiger charge is -2.38. The Labute approximate surface area is 112 Å². The van der Waals surface area contributed by atoms with E-state index in [-0.39, 0.29) is 12.0 Å². The number of carbonyl (C=O) groups is 1. The minimum absolute atomic E-state index is 0.149. The highest BCUT2D eigenvalue weighted by Crippen LogP contribution is 2.33. The van der Waals surface area contributed by atoms with Crippen molar-refractivity contribution in [3.8, 4) is 0 Å². The summed E-state index contributed by atoms with van der Waals surface area (Å²) in [4.78, 5) is 13.9. The van der Waals surface area contributed by atoms with Crippen LogP contribution in [0, 0.1) is 11.8 Å². The third-order valence-electron chi connectivity index (χ3n) is 4.21. The van der Waals surface area contributed by atoms with Crippen LogP contribution in [0.4, 0.5) is 0 Å². The molecule has 18 heavy (non-hydrogen) atoms. The first kappa shape index (κ1) is 15.5. The molecule has 2 unspecified atom stereocenters. The van der Waals surface area contributed by atoms with Gasteiger partial charge in [-0.15, -0.1) is 0 Å². The lowest BCUT2D eigenvalue weighted by atomic mass is 9.97. The lowest BCUT2D eigenvalue weighted by Crippen LogP contribution is -2.48. The first-order valence-electron chi connectivity index (χ1n) is 7.49. The average Bonchev–Trinajstić information content (AvgIpc) is 2.77. The summed E-state index contributed by atoms with van der Waals surface area (Å²) in [6, 6.07) is 0.798. The smallest absolute Gasteiger partial charge is 0.308 e. The minimum Gasteiger partial charge on any atom is -0.481 e. The van der Waals surface area contributed by atoms with Crippen molar-refractivity contribution < 1.29 is 9.90 Å². The van der Waals surface area contributed by atoms with Crippen LogP contribution in [-0.4, -0.2) is 34.6 Å². The summed E-state index contributed by atoms with van der Waals surface area (Å²) < 4.78 is 0. The highest BCUT2D eigenvalue weighted by molar-refractivity contribution is 5.71. The van der Waals surface area contributed by atoms with Crippen LogP contribution < -0.4 is 0 Å². The molecule has 1 fully saturated rings.